The summed E-state index contributed by atoms with van der Waals surface area (Å²) in [7, 11) is 1.59. The quantitative estimate of drug-likeness (QED) is 0.770. The number of rotatable bonds is 4. The maximum Gasteiger partial charge on any atom is 0.251 e. The van der Waals surface area contributed by atoms with Gasteiger partial charge in [-0.3, -0.25) is 9.59 Å². The minimum absolute atomic E-state index is 0.0547. The van der Waals surface area contributed by atoms with Gasteiger partial charge in [0.1, 0.15) is 12.7 Å². The van der Waals surface area contributed by atoms with Crippen LogP contribution in [0.2, 0.25) is 0 Å². The molecule has 0 aliphatic carbocycles. The van der Waals surface area contributed by atoms with Crippen molar-refractivity contribution in [2.45, 2.75) is 43.5 Å². The van der Waals surface area contributed by atoms with Gasteiger partial charge in [-0.15, -0.1) is 0 Å². The van der Waals surface area contributed by atoms with Gasteiger partial charge in [0.05, 0.1) is 18.3 Å². The summed E-state index contributed by atoms with van der Waals surface area (Å²) in [5, 5.41) is 2.53. The van der Waals surface area contributed by atoms with Gasteiger partial charge in [0.2, 0.25) is 5.91 Å². The second-order valence-electron chi connectivity index (χ2n) is 6.32. The summed E-state index contributed by atoms with van der Waals surface area (Å²) in [6, 6.07) is 0. The monoisotopic (exact) mass is 312 g/mol. The van der Waals surface area contributed by atoms with Gasteiger partial charge < -0.3 is 24.4 Å². The summed E-state index contributed by atoms with van der Waals surface area (Å²) in [6.07, 6.45) is 3.00. The lowest BCUT2D eigenvalue weighted by molar-refractivity contribution is -0.140. The van der Waals surface area contributed by atoms with Crippen molar-refractivity contribution in [2.75, 3.05) is 40.0 Å². The topological polar surface area (TPSA) is 77.1 Å². The van der Waals surface area contributed by atoms with Crippen LogP contribution in [0.3, 0.4) is 0 Å². The van der Waals surface area contributed by atoms with Crippen LogP contribution in [-0.2, 0) is 23.8 Å². The molecule has 7 heteroatoms. The largest absolute Gasteiger partial charge is 0.370 e. The lowest BCUT2D eigenvalue weighted by Gasteiger charge is -2.24. The summed E-state index contributed by atoms with van der Waals surface area (Å²) in [6.45, 7) is 2.53. The number of hydrogen-bond acceptors (Lipinski definition) is 5. The molecule has 124 valence electrons. The van der Waals surface area contributed by atoms with Crippen molar-refractivity contribution in [3.63, 3.8) is 0 Å². The number of nitrogens with one attached hydrogen (secondary N) is 1. The second kappa shape index (κ2) is 6.52. The molecule has 7 nitrogen and oxygen atoms in total. The van der Waals surface area contributed by atoms with Gasteiger partial charge in [-0.25, -0.2) is 0 Å². The summed E-state index contributed by atoms with van der Waals surface area (Å²) in [4.78, 5) is 25.5. The Bertz CT molecular complexity index is 438. The highest BCUT2D eigenvalue weighted by molar-refractivity contribution is 5.81. The molecule has 3 aliphatic rings. The van der Waals surface area contributed by atoms with Crippen LogP contribution in [-0.4, -0.2) is 74.5 Å². The van der Waals surface area contributed by atoms with Crippen LogP contribution >= 0.6 is 0 Å². The fourth-order valence-electron chi connectivity index (χ4n) is 3.47. The van der Waals surface area contributed by atoms with E-state index < -0.39 is 0 Å². The van der Waals surface area contributed by atoms with Gasteiger partial charge >= 0.3 is 0 Å². The first kappa shape index (κ1) is 15.7. The van der Waals surface area contributed by atoms with Crippen LogP contribution in [0.15, 0.2) is 0 Å². The highest BCUT2D eigenvalue weighted by atomic mass is 16.6. The number of hydrogen-bond donors (Lipinski definition) is 1. The molecule has 3 fully saturated rings. The minimum atomic E-state index is -0.304. The second-order valence-corrected chi connectivity index (χ2v) is 6.32. The number of likely N-dealkylation sites (tertiary alicyclic amines) is 1. The molecule has 22 heavy (non-hydrogen) atoms. The van der Waals surface area contributed by atoms with Crippen molar-refractivity contribution in [3.05, 3.63) is 0 Å². The Morgan fingerprint density at radius 2 is 2.32 bits per heavy atom. The van der Waals surface area contributed by atoms with E-state index in [0.717, 1.165) is 25.7 Å². The zero-order valence-corrected chi connectivity index (χ0v) is 13.0. The third-order valence-corrected chi connectivity index (χ3v) is 4.74. The minimum Gasteiger partial charge on any atom is -0.370 e. The fourth-order valence-corrected chi connectivity index (χ4v) is 3.47. The van der Waals surface area contributed by atoms with Gasteiger partial charge in [-0.05, 0) is 19.3 Å². The van der Waals surface area contributed by atoms with E-state index in [4.69, 9.17) is 14.2 Å². The molecule has 1 spiro atoms. The fraction of sp³-hybridized carbons (Fsp3) is 0.867. The van der Waals surface area contributed by atoms with E-state index in [0.29, 0.717) is 26.3 Å². The average Bonchev–Trinajstić information content (AvgIpc) is 3.26. The third-order valence-electron chi connectivity index (χ3n) is 4.74. The standard InChI is InChI=1S/C15H24N2O5/c1-16-13(18)9-21-11-7-15(22-8-11)4-5-17(10-15)14(19)12-3-2-6-20-12/h11-12H,2-10H2,1H3,(H,16,18)/t11-,12+,15-/m0/s1. The summed E-state index contributed by atoms with van der Waals surface area (Å²) in [5.41, 5.74) is -0.304. The predicted octanol–water partition coefficient (Wildman–Crippen LogP) is -0.312. The molecule has 0 radical (unpaired) electrons. The van der Waals surface area contributed by atoms with Gasteiger partial charge in [0, 0.05) is 33.2 Å². The summed E-state index contributed by atoms with van der Waals surface area (Å²) in [5.74, 6) is -0.0461. The molecule has 0 aromatic heterocycles. The number of ether oxygens (including phenoxy) is 3. The van der Waals surface area contributed by atoms with Gasteiger partial charge in [0.25, 0.3) is 5.91 Å². The van der Waals surface area contributed by atoms with E-state index >= 15 is 0 Å². The van der Waals surface area contributed by atoms with Crippen LogP contribution in [0.25, 0.3) is 0 Å². The predicted molar refractivity (Wildman–Crippen MR) is 77.3 cm³/mol. The third kappa shape index (κ3) is 3.26. The first-order chi connectivity index (χ1) is 10.6. The molecule has 1 N–H and O–H groups in total. The Labute approximate surface area is 130 Å². The van der Waals surface area contributed by atoms with E-state index in [-0.39, 0.29) is 36.2 Å². The number of likely N-dealkylation sites (N-methyl/N-ethyl adjacent to an activating group) is 1. The normalized spacial score (nSPS) is 34.5. The molecule has 3 saturated heterocycles. The van der Waals surface area contributed by atoms with Crippen LogP contribution < -0.4 is 5.32 Å². The number of nitrogens with zero attached hydrogens (tertiary/aromatic N) is 1. The van der Waals surface area contributed by atoms with Crippen LogP contribution in [0, 0.1) is 0 Å². The number of amides is 2. The maximum absolute atomic E-state index is 12.4. The van der Waals surface area contributed by atoms with E-state index in [1.165, 1.54) is 0 Å². The Morgan fingerprint density at radius 1 is 1.45 bits per heavy atom. The summed E-state index contributed by atoms with van der Waals surface area (Å²) < 4.78 is 17.0. The number of carbonyl (C=O) groups is 2. The van der Waals surface area contributed by atoms with Crippen molar-refractivity contribution in [1.29, 1.82) is 0 Å². The Hall–Kier alpha value is -1.18. The lowest BCUT2D eigenvalue weighted by atomic mass is 9.98. The zero-order chi connectivity index (χ0) is 15.6. The van der Waals surface area contributed by atoms with Crippen molar-refractivity contribution < 1.29 is 23.8 Å². The molecule has 0 saturated carbocycles. The Morgan fingerprint density at radius 3 is 3.05 bits per heavy atom. The van der Waals surface area contributed by atoms with E-state index in [9.17, 15) is 9.59 Å². The molecule has 3 aliphatic heterocycles. The summed E-state index contributed by atoms with van der Waals surface area (Å²) >= 11 is 0. The van der Waals surface area contributed by atoms with Crippen LogP contribution in [0.4, 0.5) is 0 Å². The molecule has 3 heterocycles. The smallest absolute Gasteiger partial charge is 0.251 e. The molecule has 0 aromatic rings. The van der Waals surface area contributed by atoms with Crippen molar-refractivity contribution >= 4 is 11.8 Å². The molecule has 2 amide bonds. The Kier molecular flexibility index (Phi) is 4.65. The zero-order valence-electron chi connectivity index (χ0n) is 13.0. The highest BCUT2D eigenvalue weighted by Gasteiger charge is 2.48. The molecular formula is C15H24N2O5. The van der Waals surface area contributed by atoms with Gasteiger partial charge in [-0.1, -0.05) is 0 Å². The molecule has 3 rings (SSSR count). The van der Waals surface area contributed by atoms with Crippen LogP contribution in [0.5, 0.6) is 0 Å². The first-order valence-corrected chi connectivity index (χ1v) is 7.98. The van der Waals surface area contributed by atoms with Gasteiger partial charge in [0.15, 0.2) is 0 Å². The maximum atomic E-state index is 12.4. The molecule has 0 bridgehead atoms. The van der Waals surface area contributed by atoms with E-state index in [2.05, 4.69) is 5.32 Å². The molecule has 3 atom stereocenters. The first-order valence-electron chi connectivity index (χ1n) is 7.98. The lowest BCUT2D eigenvalue weighted by Crippen LogP contribution is -2.40. The Balaban J connectivity index is 1.49. The van der Waals surface area contributed by atoms with E-state index in [1.807, 2.05) is 4.90 Å². The SMILES string of the molecule is CNC(=O)CO[C@@H]1CO[C@@]2(CCN(C(=O)[C@H]3CCCO3)C2)C1. The molecule has 0 aromatic carbocycles. The molecular weight excluding hydrogens is 288 g/mol. The van der Waals surface area contributed by atoms with Crippen molar-refractivity contribution in [1.82, 2.24) is 10.2 Å². The van der Waals surface area contributed by atoms with E-state index in [1.54, 1.807) is 7.05 Å². The molecule has 0 unspecified atom stereocenters. The van der Waals surface area contributed by atoms with Crippen molar-refractivity contribution in [2.24, 2.45) is 0 Å². The van der Waals surface area contributed by atoms with Crippen molar-refractivity contribution in [3.8, 4) is 0 Å². The average molecular weight is 312 g/mol. The van der Waals surface area contributed by atoms with Crippen LogP contribution in [0.1, 0.15) is 25.7 Å². The number of carbonyl (C=O) groups excluding carboxylic acids is 2. The highest BCUT2D eigenvalue weighted by Crippen LogP contribution is 2.36. The van der Waals surface area contributed by atoms with Gasteiger partial charge in [-0.2, -0.15) is 0 Å².